The molecule has 10 heteroatoms. The first-order valence-corrected chi connectivity index (χ1v) is 15.4. The van der Waals surface area contributed by atoms with Gasteiger partial charge in [0.15, 0.2) is 0 Å². The molecule has 3 aromatic rings. The third kappa shape index (κ3) is 6.80. The van der Waals surface area contributed by atoms with Crippen molar-refractivity contribution >= 4 is 17.7 Å². The van der Waals surface area contributed by atoms with Crippen LogP contribution in [0.3, 0.4) is 0 Å². The van der Waals surface area contributed by atoms with Crippen molar-refractivity contribution in [1.29, 1.82) is 0 Å². The summed E-state index contributed by atoms with van der Waals surface area (Å²) in [6, 6.07) is 8.24. The Morgan fingerprint density at radius 3 is 2.41 bits per heavy atom. The molecule has 0 aliphatic carbocycles. The summed E-state index contributed by atoms with van der Waals surface area (Å²) in [5.74, 6) is -0.273. The molecule has 44 heavy (non-hydrogen) atoms. The van der Waals surface area contributed by atoms with Crippen LogP contribution in [0.15, 0.2) is 42.7 Å². The number of aromatic nitrogens is 3. The maximum absolute atomic E-state index is 14.1. The van der Waals surface area contributed by atoms with Crippen LogP contribution < -0.4 is 4.90 Å². The van der Waals surface area contributed by atoms with Gasteiger partial charge < -0.3 is 14.5 Å². The van der Waals surface area contributed by atoms with Crippen LogP contribution in [0, 0.1) is 19.7 Å². The van der Waals surface area contributed by atoms with E-state index in [4.69, 9.17) is 9.72 Å². The van der Waals surface area contributed by atoms with Crippen LogP contribution in [0.2, 0.25) is 0 Å². The van der Waals surface area contributed by atoms with Crippen molar-refractivity contribution in [2.45, 2.75) is 91.5 Å². The first-order chi connectivity index (χ1) is 20.6. The van der Waals surface area contributed by atoms with Crippen LogP contribution in [-0.4, -0.2) is 80.4 Å². The first kappa shape index (κ1) is 31.6. The van der Waals surface area contributed by atoms with E-state index in [9.17, 15) is 14.0 Å². The van der Waals surface area contributed by atoms with Crippen molar-refractivity contribution in [3.63, 3.8) is 0 Å². The molecular formula is C34H45FN6O3. The van der Waals surface area contributed by atoms with E-state index in [1.807, 2.05) is 63.5 Å². The number of aryl methyl sites for hydroxylation is 1. The van der Waals surface area contributed by atoms with Gasteiger partial charge in [0.2, 0.25) is 5.91 Å². The molecule has 2 amide bonds. The number of ether oxygens (including phenoxy) is 1. The zero-order valence-corrected chi connectivity index (χ0v) is 27.2. The predicted octanol–water partition coefficient (Wildman–Crippen LogP) is 5.26. The number of halogens is 1. The fourth-order valence-corrected chi connectivity index (χ4v) is 6.17. The molecule has 0 N–H and O–H groups in total. The van der Waals surface area contributed by atoms with Crippen molar-refractivity contribution < 1.29 is 18.7 Å². The summed E-state index contributed by atoms with van der Waals surface area (Å²) < 4.78 is 21.2. The average molecular weight is 605 g/mol. The number of nitrogens with zero attached hydrogens (tertiary/aromatic N) is 6. The van der Waals surface area contributed by atoms with Gasteiger partial charge in [0.1, 0.15) is 11.4 Å². The number of fused-ring (bicyclic) bond motifs is 1. The zero-order chi connectivity index (χ0) is 32.0. The third-order valence-corrected chi connectivity index (χ3v) is 8.69. The van der Waals surface area contributed by atoms with Gasteiger partial charge >= 0.3 is 6.09 Å². The highest BCUT2D eigenvalue weighted by Gasteiger charge is 2.42. The molecule has 0 radical (unpaired) electrons. The third-order valence-electron chi connectivity index (χ3n) is 8.69. The second-order valence-electron chi connectivity index (χ2n) is 14.0. The number of pyridine rings is 1. The smallest absolute Gasteiger partial charge is 0.410 e. The van der Waals surface area contributed by atoms with Crippen LogP contribution in [0.25, 0.3) is 0 Å². The summed E-state index contributed by atoms with van der Waals surface area (Å²) in [6.45, 7) is 18.1. The predicted molar refractivity (Wildman–Crippen MR) is 168 cm³/mol. The fourth-order valence-electron chi connectivity index (χ4n) is 6.17. The van der Waals surface area contributed by atoms with Gasteiger partial charge in [-0.3, -0.25) is 19.4 Å². The van der Waals surface area contributed by atoms with Crippen molar-refractivity contribution in [2.75, 3.05) is 31.1 Å². The van der Waals surface area contributed by atoms with E-state index in [1.54, 1.807) is 17.0 Å². The Labute approximate surface area is 260 Å². The minimum absolute atomic E-state index is 0.00570. The molecule has 0 spiro atoms. The molecule has 0 unspecified atom stereocenters. The Morgan fingerprint density at radius 1 is 1.07 bits per heavy atom. The van der Waals surface area contributed by atoms with E-state index >= 15 is 0 Å². The minimum atomic E-state index is -0.603. The normalized spacial score (nSPS) is 20.1. The Hall–Kier alpha value is -3.79. The van der Waals surface area contributed by atoms with Gasteiger partial charge in [-0.25, -0.2) is 9.18 Å². The highest BCUT2D eigenvalue weighted by atomic mass is 19.1. The van der Waals surface area contributed by atoms with Crippen LogP contribution in [0.1, 0.15) is 69.6 Å². The molecule has 1 saturated heterocycles. The summed E-state index contributed by atoms with van der Waals surface area (Å²) in [7, 11) is 0. The Balaban J connectivity index is 1.38. The van der Waals surface area contributed by atoms with Gasteiger partial charge in [-0.2, -0.15) is 5.10 Å². The molecule has 1 aromatic carbocycles. The number of amides is 2. The van der Waals surface area contributed by atoms with E-state index < -0.39 is 5.60 Å². The monoisotopic (exact) mass is 604 g/mol. The number of piperazine rings is 1. The lowest BCUT2D eigenvalue weighted by atomic mass is 9.91. The number of hydrogen-bond donors (Lipinski definition) is 0. The van der Waals surface area contributed by atoms with Gasteiger partial charge in [0, 0.05) is 49.0 Å². The average Bonchev–Trinajstić information content (AvgIpc) is 3.39. The molecular weight excluding hydrogens is 559 g/mol. The van der Waals surface area contributed by atoms with E-state index in [2.05, 4.69) is 29.9 Å². The van der Waals surface area contributed by atoms with Crippen LogP contribution in [0.4, 0.5) is 14.9 Å². The molecule has 9 nitrogen and oxygen atoms in total. The lowest BCUT2D eigenvalue weighted by Crippen LogP contribution is -2.62. The van der Waals surface area contributed by atoms with Gasteiger partial charge in [-0.15, -0.1) is 0 Å². The molecule has 2 aliphatic rings. The summed E-state index contributed by atoms with van der Waals surface area (Å²) in [6.07, 6.45) is 3.96. The molecule has 0 bridgehead atoms. The SMILES string of the molecule is Cc1cnn(C[C@H]2CN(C(=O)OC(C)(C)C)[C@H](C)CN2CC(=O)N2CC(C)(C)c3ncc(Cc4ccc(F)cc4)cc32)c1C. The number of rotatable bonds is 6. The van der Waals surface area contributed by atoms with Gasteiger partial charge in [0.25, 0.3) is 0 Å². The van der Waals surface area contributed by atoms with Gasteiger partial charge in [-0.05, 0) is 82.9 Å². The van der Waals surface area contributed by atoms with Crippen LogP contribution >= 0.6 is 0 Å². The lowest BCUT2D eigenvalue weighted by Gasteiger charge is -2.45. The quantitative estimate of drug-likeness (QED) is 0.382. The fraction of sp³-hybridized carbons (Fsp3) is 0.529. The molecule has 2 aliphatic heterocycles. The van der Waals surface area contributed by atoms with Crippen molar-refractivity contribution in [2.24, 2.45) is 0 Å². The molecule has 1 fully saturated rings. The topological polar surface area (TPSA) is 83.8 Å². The highest BCUT2D eigenvalue weighted by Crippen LogP contribution is 2.40. The largest absolute Gasteiger partial charge is 0.444 e. The first-order valence-electron chi connectivity index (χ1n) is 15.4. The Morgan fingerprint density at radius 2 is 1.77 bits per heavy atom. The van der Waals surface area contributed by atoms with Crippen molar-refractivity contribution in [1.82, 2.24) is 24.6 Å². The molecule has 2 aromatic heterocycles. The standard InChI is InChI=1S/C34H45FN6O3/c1-22-15-37-41(24(22)3)19-28-18-39(32(43)44-33(4,5)6)23(2)17-38(28)20-30(42)40-21-34(7,8)31-29(40)14-26(16-36-31)13-25-9-11-27(35)12-10-25/h9-12,14-16,23,28H,13,17-21H2,1-8H3/t23-,28-/m1/s1. The van der Waals surface area contributed by atoms with Crippen molar-refractivity contribution in [3.05, 3.63) is 76.6 Å². The highest BCUT2D eigenvalue weighted by molar-refractivity contribution is 5.97. The molecule has 0 saturated carbocycles. The summed E-state index contributed by atoms with van der Waals surface area (Å²) in [4.78, 5) is 38.0. The second kappa shape index (κ2) is 12.0. The maximum Gasteiger partial charge on any atom is 0.410 e. The van der Waals surface area contributed by atoms with E-state index in [0.717, 1.165) is 33.8 Å². The second-order valence-corrected chi connectivity index (χ2v) is 14.0. The van der Waals surface area contributed by atoms with E-state index in [0.29, 0.717) is 32.6 Å². The molecule has 2 atom stereocenters. The maximum atomic E-state index is 14.1. The summed E-state index contributed by atoms with van der Waals surface area (Å²) >= 11 is 0. The van der Waals surface area contributed by atoms with Gasteiger partial charge in [-0.1, -0.05) is 26.0 Å². The number of anilines is 1. The van der Waals surface area contributed by atoms with Gasteiger partial charge in [0.05, 0.1) is 30.7 Å². The zero-order valence-electron chi connectivity index (χ0n) is 27.2. The molecule has 236 valence electrons. The summed E-state index contributed by atoms with van der Waals surface area (Å²) in [5.41, 5.74) is 4.93. The number of benzene rings is 1. The van der Waals surface area contributed by atoms with Crippen LogP contribution in [-0.2, 0) is 27.9 Å². The summed E-state index contributed by atoms with van der Waals surface area (Å²) in [5, 5.41) is 4.58. The Kier molecular flexibility index (Phi) is 8.59. The number of hydrogen-bond acceptors (Lipinski definition) is 6. The lowest BCUT2D eigenvalue weighted by molar-refractivity contribution is -0.121. The van der Waals surface area contributed by atoms with E-state index in [-0.39, 0.29) is 41.9 Å². The van der Waals surface area contributed by atoms with E-state index in [1.165, 1.54) is 12.1 Å². The Bertz CT molecular complexity index is 1530. The molecule has 4 heterocycles. The van der Waals surface area contributed by atoms with Crippen LogP contribution in [0.5, 0.6) is 0 Å². The molecule has 5 rings (SSSR count). The minimum Gasteiger partial charge on any atom is -0.444 e. The number of carbonyl (C=O) groups excluding carboxylic acids is 2. The number of carbonyl (C=O) groups is 2. The van der Waals surface area contributed by atoms with Crippen molar-refractivity contribution in [3.8, 4) is 0 Å².